The Bertz CT molecular complexity index is 418. The highest BCUT2D eigenvalue weighted by Crippen LogP contribution is 2.32. The molecule has 0 radical (unpaired) electrons. The quantitative estimate of drug-likeness (QED) is 0.698. The zero-order chi connectivity index (χ0) is 14.4. The lowest BCUT2D eigenvalue weighted by Gasteiger charge is -2.24. The van der Waals surface area contributed by atoms with Crippen LogP contribution in [0, 0.1) is 0 Å². The Hall–Kier alpha value is -0.800. The van der Waals surface area contributed by atoms with E-state index in [2.05, 4.69) is 30.1 Å². The van der Waals surface area contributed by atoms with Crippen molar-refractivity contribution in [2.45, 2.75) is 58.5 Å². The molecule has 1 aliphatic rings. The van der Waals surface area contributed by atoms with Gasteiger partial charge in [0.1, 0.15) is 5.82 Å². The van der Waals surface area contributed by atoms with Crippen LogP contribution in [0.2, 0.25) is 5.02 Å². The maximum absolute atomic E-state index is 6.26. The Morgan fingerprint density at radius 2 is 2.10 bits per heavy atom. The first-order valence-corrected chi connectivity index (χ1v) is 8.26. The van der Waals surface area contributed by atoms with Gasteiger partial charge in [0, 0.05) is 19.1 Å². The topological polar surface area (TPSA) is 28.2 Å². The van der Waals surface area contributed by atoms with E-state index < -0.39 is 0 Å². The van der Waals surface area contributed by atoms with Gasteiger partial charge in [0.05, 0.1) is 10.7 Å². The van der Waals surface area contributed by atoms with E-state index in [4.69, 9.17) is 16.6 Å². The Labute approximate surface area is 127 Å². The highest BCUT2D eigenvalue weighted by molar-refractivity contribution is 6.31. The summed E-state index contributed by atoms with van der Waals surface area (Å²) in [5, 5.41) is 4.15. The molecule has 1 heterocycles. The van der Waals surface area contributed by atoms with Crippen molar-refractivity contribution in [3.63, 3.8) is 0 Å². The molecular formula is C16H26ClN3. The molecule has 0 atom stereocenters. The summed E-state index contributed by atoms with van der Waals surface area (Å²) in [7, 11) is 0. The maximum atomic E-state index is 6.26. The summed E-state index contributed by atoms with van der Waals surface area (Å²) >= 11 is 6.26. The number of hydrogen-bond acceptors (Lipinski definition) is 3. The summed E-state index contributed by atoms with van der Waals surface area (Å²) in [5.74, 6) is 1.10. The molecule has 0 spiro atoms. The minimum Gasteiger partial charge on any atom is -0.354 e. The molecule has 20 heavy (non-hydrogen) atoms. The molecule has 0 aromatic carbocycles. The summed E-state index contributed by atoms with van der Waals surface area (Å²) in [6.45, 7) is 7.27. The van der Waals surface area contributed by atoms with Crippen LogP contribution in [0.1, 0.15) is 51.6 Å². The van der Waals surface area contributed by atoms with E-state index in [-0.39, 0.29) is 0 Å². The summed E-state index contributed by atoms with van der Waals surface area (Å²) in [6.07, 6.45) is 6.18. The first-order valence-electron chi connectivity index (χ1n) is 7.89. The van der Waals surface area contributed by atoms with Crippen molar-refractivity contribution in [3.05, 3.63) is 22.8 Å². The monoisotopic (exact) mass is 295 g/mol. The fraction of sp³-hybridized carbons (Fsp3) is 0.688. The summed E-state index contributed by atoms with van der Waals surface area (Å²) < 4.78 is 0. The van der Waals surface area contributed by atoms with Gasteiger partial charge in [0.15, 0.2) is 0 Å². The van der Waals surface area contributed by atoms with Gasteiger partial charge in [0.2, 0.25) is 0 Å². The van der Waals surface area contributed by atoms with Crippen LogP contribution in [-0.2, 0) is 6.54 Å². The zero-order valence-corrected chi connectivity index (χ0v) is 13.4. The third-order valence-electron chi connectivity index (χ3n) is 3.66. The van der Waals surface area contributed by atoms with Gasteiger partial charge in [-0.05, 0) is 44.4 Å². The molecule has 0 unspecified atom stereocenters. The van der Waals surface area contributed by atoms with E-state index in [9.17, 15) is 0 Å². The van der Waals surface area contributed by atoms with Crippen molar-refractivity contribution in [2.24, 2.45) is 0 Å². The van der Waals surface area contributed by atoms with Crippen LogP contribution in [0.3, 0.4) is 0 Å². The summed E-state index contributed by atoms with van der Waals surface area (Å²) in [4.78, 5) is 7.25. The Morgan fingerprint density at radius 1 is 1.30 bits per heavy atom. The molecule has 1 aromatic rings. The molecule has 1 saturated carbocycles. The maximum Gasteiger partial charge on any atom is 0.129 e. The molecule has 0 amide bonds. The first kappa shape index (κ1) is 15.6. The molecule has 1 aromatic heterocycles. The Morgan fingerprint density at radius 3 is 2.75 bits per heavy atom. The lowest BCUT2D eigenvalue weighted by Crippen LogP contribution is -2.28. The van der Waals surface area contributed by atoms with Gasteiger partial charge >= 0.3 is 0 Å². The minimum atomic E-state index is 0.701. The van der Waals surface area contributed by atoms with Gasteiger partial charge in [-0.25, -0.2) is 4.98 Å². The predicted molar refractivity (Wildman–Crippen MR) is 86.5 cm³/mol. The number of rotatable bonds is 9. The summed E-state index contributed by atoms with van der Waals surface area (Å²) in [6, 6.07) is 4.76. The molecule has 1 N–H and O–H groups in total. The number of hydrogen-bond donors (Lipinski definition) is 1. The SMILES string of the molecule is CCCCN(c1ccc(Cl)c(CNCCC)n1)C1CC1. The van der Waals surface area contributed by atoms with Crippen LogP contribution >= 0.6 is 11.6 Å². The van der Waals surface area contributed by atoms with Crippen molar-refractivity contribution < 1.29 is 0 Å². The number of anilines is 1. The fourth-order valence-electron chi connectivity index (χ4n) is 2.34. The molecule has 1 fully saturated rings. The van der Waals surface area contributed by atoms with Gasteiger partial charge in [-0.1, -0.05) is 31.9 Å². The number of pyridine rings is 1. The highest BCUT2D eigenvalue weighted by Gasteiger charge is 2.29. The minimum absolute atomic E-state index is 0.701. The number of aromatic nitrogens is 1. The Balaban J connectivity index is 2.07. The van der Waals surface area contributed by atoms with Crippen molar-refractivity contribution in [1.29, 1.82) is 0 Å². The van der Waals surface area contributed by atoms with Crippen LogP contribution < -0.4 is 10.2 Å². The molecule has 0 aliphatic heterocycles. The highest BCUT2D eigenvalue weighted by atomic mass is 35.5. The average Bonchev–Trinajstić information content (AvgIpc) is 3.27. The van der Waals surface area contributed by atoms with Crippen LogP contribution in [-0.4, -0.2) is 24.1 Å². The molecule has 3 nitrogen and oxygen atoms in total. The van der Waals surface area contributed by atoms with E-state index in [1.807, 2.05) is 6.07 Å². The van der Waals surface area contributed by atoms with Gasteiger partial charge in [-0.3, -0.25) is 0 Å². The lowest BCUT2D eigenvalue weighted by molar-refractivity contribution is 0.659. The molecule has 0 bridgehead atoms. The third-order valence-corrected chi connectivity index (χ3v) is 4.00. The zero-order valence-electron chi connectivity index (χ0n) is 12.7. The average molecular weight is 296 g/mol. The van der Waals surface area contributed by atoms with E-state index >= 15 is 0 Å². The molecule has 1 aliphatic carbocycles. The van der Waals surface area contributed by atoms with Gasteiger partial charge in [-0.15, -0.1) is 0 Å². The van der Waals surface area contributed by atoms with Crippen molar-refractivity contribution in [2.75, 3.05) is 18.0 Å². The van der Waals surface area contributed by atoms with E-state index in [0.29, 0.717) is 6.04 Å². The van der Waals surface area contributed by atoms with Gasteiger partial charge in [-0.2, -0.15) is 0 Å². The molecule has 2 rings (SSSR count). The van der Waals surface area contributed by atoms with Crippen molar-refractivity contribution >= 4 is 17.4 Å². The van der Waals surface area contributed by atoms with E-state index in [0.717, 1.165) is 42.6 Å². The number of nitrogens with one attached hydrogen (secondary N) is 1. The molecule has 0 saturated heterocycles. The van der Waals surface area contributed by atoms with Gasteiger partial charge < -0.3 is 10.2 Å². The van der Waals surface area contributed by atoms with Crippen LogP contribution in [0.5, 0.6) is 0 Å². The molecule has 112 valence electrons. The van der Waals surface area contributed by atoms with E-state index in [1.54, 1.807) is 0 Å². The standard InChI is InChI=1S/C16H26ClN3/c1-3-5-11-20(13-6-7-13)16-9-8-14(17)15(19-16)12-18-10-4-2/h8-9,13,18H,3-7,10-12H2,1-2H3. The summed E-state index contributed by atoms with van der Waals surface area (Å²) in [5.41, 5.74) is 0.972. The largest absolute Gasteiger partial charge is 0.354 e. The van der Waals surface area contributed by atoms with Crippen LogP contribution in [0.25, 0.3) is 0 Å². The fourth-order valence-corrected chi connectivity index (χ4v) is 2.51. The number of halogens is 1. The van der Waals surface area contributed by atoms with Gasteiger partial charge in [0.25, 0.3) is 0 Å². The predicted octanol–water partition coefficient (Wildman–Crippen LogP) is 4.00. The van der Waals surface area contributed by atoms with Crippen molar-refractivity contribution in [1.82, 2.24) is 10.3 Å². The van der Waals surface area contributed by atoms with Crippen molar-refractivity contribution in [3.8, 4) is 0 Å². The second kappa shape index (κ2) is 7.84. The normalized spacial score (nSPS) is 14.6. The first-order chi connectivity index (χ1) is 9.76. The molecule has 4 heteroatoms. The molecular weight excluding hydrogens is 270 g/mol. The smallest absolute Gasteiger partial charge is 0.129 e. The number of unbranched alkanes of at least 4 members (excludes halogenated alkanes) is 1. The third kappa shape index (κ3) is 4.35. The van der Waals surface area contributed by atoms with Crippen LogP contribution in [0.4, 0.5) is 5.82 Å². The number of nitrogens with zero attached hydrogens (tertiary/aromatic N) is 2. The second-order valence-corrected chi connectivity index (χ2v) is 5.96. The lowest BCUT2D eigenvalue weighted by atomic mass is 10.2. The van der Waals surface area contributed by atoms with Crippen LogP contribution in [0.15, 0.2) is 12.1 Å². The second-order valence-electron chi connectivity index (χ2n) is 5.55. The Kier molecular flexibility index (Phi) is 6.11. The van der Waals surface area contributed by atoms with E-state index in [1.165, 1.54) is 25.7 Å².